The number of methoxy groups -OCH3 is 1. The number of aromatic hydroxyl groups is 1. The zero-order chi connectivity index (χ0) is 13.0. The molecular formula is C12H16BrNO3. The number of Topliss-reactive ketones (excluding diaryl/α,β-unsaturated/α-hetero) is 1. The molecule has 94 valence electrons. The standard InChI is InChI=1S/C12H16BrNO3/c1-4-7-5-9(17-3)12(16)10(11(7)13)8(15)6-14-2/h5,14,16H,4,6H2,1-3H3. The Bertz CT molecular complexity index is 404. The number of rotatable bonds is 5. The molecule has 0 aliphatic rings. The Morgan fingerprint density at radius 2 is 2.24 bits per heavy atom. The first kappa shape index (κ1) is 14.0. The fourth-order valence-corrected chi connectivity index (χ4v) is 2.40. The van der Waals surface area contributed by atoms with Gasteiger partial charge in [0.05, 0.1) is 19.2 Å². The van der Waals surface area contributed by atoms with Crippen LogP contribution in [0.25, 0.3) is 0 Å². The van der Waals surface area contributed by atoms with E-state index in [9.17, 15) is 9.90 Å². The highest BCUT2D eigenvalue weighted by Gasteiger charge is 2.21. The van der Waals surface area contributed by atoms with E-state index in [4.69, 9.17) is 4.74 Å². The summed E-state index contributed by atoms with van der Waals surface area (Å²) in [6.07, 6.45) is 0.747. The first-order valence-electron chi connectivity index (χ1n) is 5.32. The number of benzene rings is 1. The van der Waals surface area contributed by atoms with Gasteiger partial charge < -0.3 is 15.2 Å². The van der Waals surface area contributed by atoms with Gasteiger partial charge in [0.1, 0.15) is 0 Å². The topological polar surface area (TPSA) is 58.6 Å². The lowest BCUT2D eigenvalue weighted by Crippen LogP contribution is -2.19. The Kier molecular flexibility index (Phi) is 4.96. The van der Waals surface area contributed by atoms with Crippen molar-refractivity contribution >= 4 is 21.7 Å². The number of carbonyl (C=O) groups excluding carboxylic acids is 1. The first-order valence-corrected chi connectivity index (χ1v) is 6.12. The van der Waals surface area contributed by atoms with Crippen LogP contribution in [-0.2, 0) is 6.42 Å². The van der Waals surface area contributed by atoms with Crippen molar-refractivity contribution in [1.29, 1.82) is 0 Å². The third kappa shape index (κ3) is 2.79. The summed E-state index contributed by atoms with van der Waals surface area (Å²) in [5, 5.41) is 12.8. The fourth-order valence-electron chi connectivity index (χ4n) is 1.59. The molecule has 0 saturated carbocycles. The van der Waals surface area contributed by atoms with E-state index in [2.05, 4.69) is 21.2 Å². The molecule has 0 fully saturated rings. The van der Waals surface area contributed by atoms with Crippen LogP contribution in [0.4, 0.5) is 0 Å². The molecule has 0 unspecified atom stereocenters. The molecular weight excluding hydrogens is 286 g/mol. The van der Waals surface area contributed by atoms with Crippen LogP contribution in [0.3, 0.4) is 0 Å². The maximum absolute atomic E-state index is 11.9. The summed E-state index contributed by atoms with van der Waals surface area (Å²) in [6, 6.07) is 1.73. The molecule has 0 bridgehead atoms. The lowest BCUT2D eigenvalue weighted by Gasteiger charge is -2.13. The van der Waals surface area contributed by atoms with Crippen molar-refractivity contribution in [2.24, 2.45) is 0 Å². The van der Waals surface area contributed by atoms with Gasteiger partial charge in [0.25, 0.3) is 0 Å². The summed E-state index contributed by atoms with van der Waals surface area (Å²) in [5.74, 6) is 0.0341. The van der Waals surface area contributed by atoms with E-state index in [0.29, 0.717) is 10.2 Å². The van der Waals surface area contributed by atoms with Gasteiger partial charge in [-0.25, -0.2) is 0 Å². The molecule has 0 aromatic heterocycles. The molecule has 0 aliphatic heterocycles. The van der Waals surface area contributed by atoms with Crippen molar-refractivity contribution in [3.8, 4) is 11.5 Å². The molecule has 0 aliphatic carbocycles. The predicted octanol–water partition coefficient (Wildman–Crippen LogP) is 2.13. The number of hydrogen-bond acceptors (Lipinski definition) is 4. The highest BCUT2D eigenvalue weighted by molar-refractivity contribution is 9.10. The summed E-state index contributed by atoms with van der Waals surface area (Å²) in [6.45, 7) is 2.14. The number of hydrogen-bond donors (Lipinski definition) is 2. The molecule has 1 rings (SSSR count). The molecule has 5 heteroatoms. The molecule has 0 amide bonds. The third-order valence-corrected chi connectivity index (χ3v) is 3.40. The summed E-state index contributed by atoms with van der Waals surface area (Å²) in [7, 11) is 3.15. The largest absolute Gasteiger partial charge is 0.504 e. The molecule has 0 atom stereocenters. The number of ketones is 1. The van der Waals surface area contributed by atoms with Crippen LogP contribution in [0.15, 0.2) is 10.5 Å². The van der Waals surface area contributed by atoms with Crippen LogP contribution in [0, 0.1) is 0 Å². The van der Waals surface area contributed by atoms with E-state index in [1.54, 1.807) is 13.1 Å². The van der Waals surface area contributed by atoms with Gasteiger partial charge in [0.2, 0.25) is 0 Å². The second-order valence-electron chi connectivity index (χ2n) is 3.58. The second-order valence-corrected chi connectivity index (χ2v) is 4.38. The first-order chi connectivity index (χ1) is 8.06. The van der Waals surface area contributed by atoms with Gasteiger partial charge in [0, 0.05) is 4.47 Å². The maximum atomic E-state index is 11.9. The number of aryl methyl sites for hydroxylation is 1. The van der Waals surface area contributed by atoms with Gasteiger partial charge in [-0.1, -0.05) is 6.92 Å². The monoisotopic (exact) mass is 301 g/mol. The predicted molar refractivity (Wildman–Crippen MR) is 70.0 cm³/mol. The molecule has 4 nitrogen and oxygen atoms in total. The van der Waals surface area contributed by atoms with Crippen molar-refractivity contribution in [1.82, 2.24) is 5.32 Å². The quantitative estimate of drug-likeness (QED) is 0.818. The smallest absolute Gasteiger partial charge is 0.181 e. The zero-order valence-corrected chi connectivity index (χ0v) is 11.7. The Labute approximate surface area is 109 Å². The number of phenolic OH excluding ortho intramolecular Hbond substituents is 1. The molecule has 0 saturated heterocycles. The zero-order valence-electron chi connectivity index (χ0n) is 10.1. The molecule has 1 aromatic rings. The molecule has 0 heterocycles. The van der Waals surface area contributed by atoms with Crippen molar-refractivity contribution in [3.05, 3.63) is 21.7 Å². The average Bonchev–Trinajstić information content (AvgIpc) is 2.30. The lowest BCUT2D eigenvalue weighted by molar-refractivity contribution is 0.0989. The average molecular weight is 302 g/mol. The van der Waals surface area contributed by atoms with E-state index in [1.807, 2.05) is 6.92 Å². The number of nitrogens with one attached hydrogen (secondary N) is 1. The third-order valence-electron chi connectivity index (χ3n) is 2.49. The van der Waals surface area contributed by atoms with Gasteiger partial charge >= 0.3 is 0 Å². The Hall–Kier alpha value is -1.07. The van der Waals surface area contributed by atoms with Crippen LogP contribution in [-0.4, -0.2) is 31.6 Å². The van der Waals surface area contributed by atoms with Crippen molar-refractivity contribution in [2.75, 3.05) is 20.7 Å². The summed E-state index contributed by atoms with van der Waals surface area (Å²) < 4.78 is 5.71. The molecule has 1 aromatic carbocycles. The van der Waals surface area contributed by atoms with Crippen molar-refractivity contribution < 1.29 is 14.6 Å². The van der Waals surface area contributed by atoms with E-state index >= 15 is 0 Å². The molecule has 2 N–H and O–H groups in total. The van der Waals surface area contributed by atoms with Gasteiger partial charge in [-0.3, -0.25) is 4.79 Å². The van der Waals surface area contributed by atoms with Crippen LogP contribution in [0.2, 0.25) is 0 Å². The van der Waals surface area contributed by atoms with Gasteiger partial charge in [-0.2, -0.15) is 0 Å². The maximum Gasteiger partial charge on any atom is 0.181 e. The van der Waals surface area contributed by atoms with E-state index in [0.717, 1.165) is 12.0 Å². The van der Waals surface area contributed by atoms with Gasteiger partial charge in [-0.15, -0.1) is 0 Å². The Morgan fingerprint density at radius 1 is 1.59 bits per heavy atom. The summed E-state index contributed by atoms with van der Waals surface area (Å²) in [4.78, 5) is 11.9. The molecule has 0 spiro atoms. The number of phenols is 1. The normalized spacial score (nSPS) is 10.4. The van der Waals surface area contributed by atoms with Gasteiger partial charge in [0.15, 0.2) is 17.3 Å². The van der Waals surface area contributed by atoms with E-state index in [1.165, 1.54) is 7.11 Å². The Balaban J connectivity index is 3.39. The van der Waals surface area contributed by atoms with Crippen LogP contribution >= 0.6 is 15.9 Å². The molecule has 0 radical (unpaired) electrons. The minimum atomic E-state index is -0.175. The highest BCUT2D eigenvalue weighted by Crippen LogP contribution is 2.38. The fraction of sp³-hybridized carbons (Fsp3) is 0.417. The van der Waals surface area contributed by atoms with Crippen molar-refractivity contribution in [2.45, 2.75) is 13.3 Å². The SMILES string of the molecule is CCc1cc(OC)c(O)c(C(=O)CNC)c1Br. The minimum Gasteiger partial charge on any atom is -0.504 e. The minimum absolute atomic E-state index is 0.114. The van der Waals surface area contributed by atoms with Gasteiger partial charge in [-0.05, 0) is 41.0 Å². The van der Waals surface area contributed by atoms with Crippen LogP contribution < -0.4 is 10.1 Å². The summed E-state index contributed by atoms with van der Waals surface area (Å²) >= 11 is 3.36. The van der Waals surface area contributed by atoms with Crippen molar-refractivity contribution in [3.63, 3.8) is 0 Å². The highest BCUT2D eigenvalue weighted by atomic mass is 79.9. The number of carbonyl (C=O) groups is 1. The molecule has 17 heavy (non-hydrogen) atoms. The number of halogens is 1. The lowest BCUT2D eigenvalue weighted by atomic mass is 10.0. The summed E-state index contributed by atoms with van der Waals surface area (Å²) in [5.41, 5.74) is 1.20. The number of ether oxygens (including phenoxy) is 1. The van der Waals surface area contributed by atoms with E-state index < -0.39 is 0 Å². The van der Waals surface area contributed by atoms with Crippen LogP contribution in [0.5, 0.6) is 11.5 Å². The second kappa shape index (κ2) is 6.02. The van der Waals surface area contributed by atoms with E-state index in [-0.39, 0.29) is 23.6 Å². The Morgan fingerprint density at radius 3 is 2.71 bits per heavy atom. The van der Waals surface area contributed by atoms with Crippen LogP contribution in [0.1, 0.15) is 22.8 Å². The number of likely N-dealkylation sites (N-methyl/N-ethyl adjacent to an activating group) is 1.